The van der Waals surface area contributed by atoms with Crippen molar-refractivity contribution in [3.63, 3.8) is 0 Å². The summed E-state index contributed by atoms with van der Waals surface area (Å²) >= 11 is 0. The average Bonchev–Trinajstić information content (AvgIpc) is 3.02. The van der Waals surface area contributed by atoms with E-state index in [9.17, 15) is 19.2 Å². The SMILES string of the molecule is COC(=O)[C@H](CC(C)C)NC(=O)[C@H](COC(C)(C)C)NC(=O)[C@H](Cc1ccccc1)NC(=O)c1ccc(-c2ccccc2)cc1. The molecule has 9 heteroatoms. The first-order valence-electron chi connectivity index (χ1n) is 15.2. The van der Waals surface area contributed by atoms with E-state index in [1.807, 2.05) is 107 Å². The molecule has 3 aromatic rings. The Morgan fingerprint density at radius 1 is 0.689 bits per heavy atom. The predicted octanol–water partition coefficient (Wildman–Crippen LogP) is 4.70. The van der Waals surface area contributed by atoms with Crippen molar-refractivity contribution in [1.82, 2.24) is 16.0 Å². The minimum atomic E-state index is -1.14. The van der Waals surface area contributed by atoms with E-state index in [1.54, 1.807) is 12.1 Å². The molecule has 0 radical (unpaired) electrons. The fraction of sp³-hybridized carbons (Fsp3) is 0.389. The summed E-state index contributed by atoms with van der Waals surface area (Å²) in [5.74, 6) is -2.07. The van der Waals surface area contributed by atoms with Crippen molar-refractivity contribution in [3.8, 4) is 11.1 Å². The number of benzene rings is 3. The van der Waals surface area contributed by atoms with E-state index < -0.39 is 47.4 Å². The second-order valence-corrected chi connectivity index (χ2v) is 12.4. The lowest BCUT2D eigenvalue weighted by Crippen LogP contribution is -2.58. The first kappa shape index (κ1) is 35.0. The molecule has 3 atom stereocenters. The van der Waals surface area contributed by atoms with Crippen molar-refractivity contribution in [2.45, 2.75) is 71.2 Å². The van der Waals surface area contributed by atoms with Crippen LogP contribution < -0.4 is 16.0 Å². The van der Waals surface area contributed by atoms with E-state index in [2.05, 4.69) is 16.0 Å². The molecule has 240 valence electrons. The number of rotatable bonds is 14. The van der Waals surface area contributed by atoms with Gasteiger partial charge < -0.3 is 25.4 Å². The third kappa shape index (κ3) is 11.5. The third-order valence-electron chi connectivity index (χ3n) is 6.98. The summed E-state index contributed by atoms with van der Waals surface area (Å²) in [6.45, 7) is 9.21. The van der Waals surface area contributed by atoms with Crippen LogP contribution in [0.25, 0.3) is 11.1 Å². The lowest BCUT2D eigenvalue weighted by atomic mass is 10.0. The zero-order chi connectivity index (χ0) is 33.0. The number of nitrogens with one attached hydrogen (secondary N) is 3. The van der Waals surface area contributed by atoms with E-state index in [0.717, 1.165) is 16.7 Å². The fourth-order valence-electron chi connectivity index (χ4n) is 4.63. The second kappa shape index (κ2) is 16.5. The Balaban J connectivity index is 1.83. The van der Waals surface area contributed by atoms with Crippen LogP contribution in [0.5, 0.6) is 0 Å². The van der Waals surface area contributed by atoms with Crippen LogP contribution in [-0.4, -0.2) is 61.1 Å². The highest BCUT2D eigenvalue weighted by Gasteiger charge is 2.32. The summed E-state index contributed by atoms with van der Waals surface area (Å²) in [5, 5.41) is 8.34. The molecule has 0 saturated heterocycles. The molecule has 0 heterocycles. The van der Waals surface area contributed by atoms with Gasteiger partial charge in [-0.25, -0.2) is 4.79 Å². The smallest absolute Gasteiger partial charge is 0.328 e. The Bertz CT molecular complexity index is 1400. The minimum absolute atomic E-state index is 0.0977. The van der Waals surface area contributed by atoms with Gasteiger partial charge in [0.25, 0.3) is 5.91 Å². The zero-order valence-electron chi connectivity index (χ0n) is 27.0. The van der Waals surface area contributed by atoms with Crippen LogP contribution in [0, 0.1) is 5.92 Å². The van der Waals surface area contributed by atoms with Gasteiger partial charge >= 0.3 is 5.97 Å². The van der Waals surface area contributed by atoms with Gasteiger partial charge in [0.2, 0.25) is 11.8 Å². The summed E-state index contributed by atoms with van der Waals surface area (Å²) in [4.78, 5) is 53.1. The predicted molar refractivity (Wildman–Crippen MR) is 174 cm³/mol. The molecule has 3 amide bonds. The largest absolute Gasteiger partial charge is 0.467 e. The molecule has 0 saturated carbocycles. The number of methoxy groups -OCH3 is 1. The highest BCUT2D eigenvalue weighted by Crippen LogP contribution is 2.19. The standard InChI is InChI=1S/C36H45N3O6/c1-24(2)21-30(35(43)44-6)38-34(42)31(23-45-36(3,4)5)39-33(41)29(22-25-13-9-7-10-14-25)37-32(40)28-19-17-27(18-20-28)26-15-11-8-12-16-26/h7-20,24,29-31H,21-23H2,1-6H3,(H,37,40)(H,38,42)(H,39,41)/t29-,30-,31-/m0/s1. The van der Waals surface area contributed by atoms with E-state index in [0.29, 0.717) is 12.0 Å². The van der Waals surface area contributed by atoms with Gasteiger partial charge in [-0.05, 0) is 61.9 Å². The quantitative estimate of drug-likeness (QED) is 0.226. The highest BCUT2D eigenvalue weighted by atomic mass is 16.5. The van der Waals surface area contributed by atoms with Crippen molar-refractivity contribution in [2.24, 2.45) is 5.92 Å². The summed E-state index contributed by atoms with van der Waals surface area (Å²) in [7, 11) is 1.26. The average molecular weight is 616 g/mol. The van der Waals surface area contributed by atoms with Crippen LogP contribution in [-0.2, 0) is 30.3 Å². The van der Waals surface area contributed by atoms with Crippen LogP contribution >= 0.6 is 0 Å². The van der Waals surface area contributed by atoms with Crippen LogP contribution in [0.15, 0.2) is 84.9 Å². The zero-order valence-corrected chi connectivity index (χ0v) is 27.0. The van der Waals surface area contributed by atoms with Crippen molar-refractivity contribution >= 4 is 23.7 Å². The van der Waals surface area contributed by atoms with Gasteiger partial charge in [0, 0.05) is 12.0 Å². The molecular formula is C36H45N3O6. The fourth-order valence-corrected chi connectivity index (χ4v) is 4.63. The van der Waals surface area contributed by atoms with E-state index >= 15 is 0 Å². The number of ether oxygens (including phenoxy) is 2. The van der Waals surface area contributed by atoms with Gasteiger partial charge in [-0.1, -0.05) is 86.6 Å². The normalized spacial score (nSPS) is 13.3. The molecular weight excluding hydrogens is 570 g/mol. The summed E-state index contributed by atoms with van der Waals surface area (Å²) in [6, 6.07) is 23.2. The minimum Gasteiger partial charge on any atom is -0.467 e. The molecule has 0 spiro atoms. The number of carbonyl (C=O) groups is 4. The van der Waals surface area contributed by atoms with Gasteiger partial charge in [-0.2, -0.15) is 0 Å². The van der Waals surface area contributed by atoms with Gasteiger partial charge in [0.1, 0.15) is 18.1 Å². The summed E-state index contributed by atoms with van der Waals surface area (Å²) in [5.41, 5.74) is 2.59. The Labute approximate surface area is 266 Å². The lowest BCUT2D eigenvalue weighted by Gasteiger charge is -2.28. The Morgan fingerprint density at radius 3 is 1.78 bits per heavy atom. The van der Waals surface area contributed by atoms with Crippen molar-refractivity contribution in [1.29, 1.82) is 0 Å². The molecule has 3 N–H and O–H groups in total. The van der Waals surface area contributed by atoms with Crippen molar-refractivity contribution in [3.05, 3.63) is 96.1 Å². The topological polar surface area (TPSA) is 123 Å². The maximum absolute atomic E-state index is 13.8. The molecule has 0 aliphatic carbocycles. The van der Waals surface area contributed by atoms with Gasteiger partial charge in [-0.3, -0.25) is 14.4 Å². The number of carbonyl (C=O) groups excluding carboxylic acids is 4. The Hall–Kier alpha value is -4.50. The summed E-state index contributed by atoms with van der Waals surface area (Å²) in [6.07, 6.45) is 0.544. The molecule has 0 fully saturated rings. The second-order valence-electron chi connectivity index (χ2n) is 12.4. The highest BCUT2D eigenvalue weighted by molar-refractivity contribution is 5.99. The van der Waals surface area contributed by atoms with Crippen LogP contribution in [0.2, 0.25) is 0 Å². The Kier molecular flexibility index (Phi) is 12.9. The summed E-state index contributed by atoms with van der Waals surface area (Å²) < 4.78 is 10.8. The van der Waals surface area contributed by atoms with Gasteiger partial charge in [0.05, 0.1) is 19.3 Å². The number of hydrogen-bond acceptors (Lipinski definition) is 6. The van der Waals surface area contributed by atoms with E-state index in [-0.39, 0.29) is 18.9 Å². The molecule has 0 aliphatic heterocycles. The molecule has 9 nitrogen and oxygen atoms in total. The van der Waals surface area contributed by atoms with E-state index in [1.165, 1.54) is 7.11 Å². The molecule has 3 aromatic carbocycles. The number of hydrogen-bond donors (Lipinski definition) is 3. The molecule has 0 aromatic heterocycles. The van der Waals surface area contributed by atoms with Crippen molar-refractivity contribution < 1.29 is 28.7 Å². The monoisotopic (exact) mass is 615 g/mol. The van der Waals surface area contributed by atoms with Gasteiger partial charge in [-0.15, -0.1) is 0 Å². The van der Waals surface area contributed by atoms with Crippen LogP contribution in [0.3, 0.4) is 0 Å². The molecule has 0 aliphatic rings. The Morgan fingerprint density at radius 2 is 1.22 bits per heavy atom. The lowest BCUT2D eigenvalue weighted by molar-refractivity contribution is -0.146. The van der Waals surface area contributed by atoms with Crippen LogP contribution in [0.1, 0.15) is 57.0 Å². The first-order chi connectivity index (χ1) is 21.4. The first-order valence-corrected chi connectivity index (χ1v) is 15.2. The maximum Gasteiger partial charge on any atom is 0.328 e. The van der Waals surface area contributed by atoms with E-state index in [4.69, 9.17) is 9.47 Å². The molecule has 0 bridgehead atoms. The molecule has 45 heavy (non-hydrogen) atoms. The number of amides is 3. The van der Waals surface area contributed by atoms with Gasteiger partial charge in [0.15, 0.2) is 0 Å². The van der Waals surface area contributed by atoms with Crippen molar-refractivity contribution in [2.75, 3.05) is 13.7 Å². The van der Waals surface area contributed by atoms with Crippen LogP contribution in [0.4, 0.5) is 0 Å². The molecule has 0 unspecified atom stereocenters. The third-order valence-corrected chi connectivity index (χ3v) is 6.98. The molecule has 3 rings (SSSR count). The maximum atomic E-state index is 13.8. The number of esters is 1.